The second-order valence-corrected chi connectivity index (χ2v) is 9.40. The number of hydrogen-bond acceptors (Lipinski definition) is 6. The Morgan fingerprint density at radius 2 is 1.89 bits per heavy atom. The molecular weight excluding hydrogens is 417 g/mol. The van der Waals surface area contributed by atoms with E-state index in [4.69, 9.17) is 9.29 Å². The van der Waals surface area contributed by atoms with Crippen LogP contribution in [0, 0.1) is 0 Å². The number of fused-ring (bicyclic) bond motifs is 1. The molecule has 2 aromatic rings. The monoisotopic (exact) mass is 438 g/mol. The first kappa shape index (κ1) is 22.7. The topological polar surface area (TPSA) is 88.5 Å². The van der Waals surface area contributed by atoms with E-state index in [2.05, 4.69) is 10.3 Å². The summed E-state index contributed by atoms with van der Waals surface area (Å²) < 4.78 is 74.7. The fraction of sp³-hybridized carbons (Fsp3) is 0.471. The zero-order chi connectivity index (χ0) is 20.6. The molecule has 1 aromatic heterocycles. The molecule has 0 fully saturated rings. The van der Waals surface area contributed by atoms with Crippen molar-refractivity contribution in [2.75, 3.05) is 25.4 Å². The van der Waals surface area contributed by atoms with Crippen LogP contribution in [0.5, 0.6) is 5.88 Å². The van der Waals surface area contributed by atoms with E-state index in [0.29, 0.717) is 30.3 Å². The largest absolute Gasteiger partial charge is 0.478 e. The normalized spacial score (nSPS) is 12.4. The van der Waals surface area contributed by atoms with Crippen molar-refractivity contribution < 1.29 is 30.9 Å². The predicted octanol–water partition coefficient (Wildman–Crippen LogP) is 3.93. The van der Waals surface area contributed by atoms with Crippen LogP contribution < -0.4 is 10.1 Å². The summed E-state index contributed by atoms with van der Waals surface area (Å²) in [6.45, 7) is 1.36. The highest BCUT2D eigenvalue weighted by atomic mass is 33.1. The lowest BCUT2D eigenvalue weighted by Gasteiger charge is -2.13. The summed E-state index contributed by atoms with van der Waals surface area (Å²) >= 11 is 0. The van der Waals surface area contributed by atoms with Gasteiger partial charge >= 0.3 is 15.3 Å². The first-order valence-electron chi connectivity index (χ1n) is 8.59. The molecule has 0 aliphatic carbocycles. The molecule has 6 nitrogen and oxygen atoms in total. The maximum absolute atomic E-state index is 13.2. The molecule has 0 aliphatic heterocycles. The van der Waals surface area contributed by atoms with Gasteiger partial charge in [0, 0.05) is 23.8 Å². The second kappa shape index (κ2) is 10.3. The molecule has 0 spiro atoms. The van der Waals surface area contributed by atoms with Crippen LogP contribution in [0.1, 0.15) is 24.8 Å². The molecule has 0 unspecified atom stereocenters. The molecule has 2 rings (SSSR count). The lowest BCUT2D eigenvalue weighted by atomic mass is 10.1. The molecule has 0 saturated heterocycles. The minimum Gasteiger partial charge on any atom is -0.478 e. The Labute approximate surface area is 165 Å². The van der Waals surface area contributed by atoms with Crippen molar-refractivity contribution in [3.05, 3.63) is 35.9 Å². The molecule has 0 amide bonds. The lowest BCUT2D eigenvalue weighted by Crippen LogP contribution is -2.19. The molecule has 0 bridgehead atoms. The van der Waals surface area contributed by atoms with Gasteiger partial charge in [0.1, 0.15) is 0 Å². The van der Waals surface area contributed by atoms with E-state index in [1.54, 1.807) is 6.07 Å². The highest BCUT2D eigenvalue weighted by Gasteiger charge is 2.33. The van der Waals surface area contributed by atoms with E-state index in [0.717, 1.165) is 18.9 Å². The summed E-state index contributed by atoms with van der Waals surface area (Å²) in [6, 6.07) is 6.99. The average Bonchev–Trinajstić information content (AvgIpc) is 2.61. The van der Waals surface area contributed by atoms with Gasteiger partial charge in [0.15, 0.2) is 0 Å². The number of unbranched alkanes of at least 4 members (excludes halogenated alkanes) is 2. The average molecular weight is 438 g/mol. The Morgan fingerprint density at radius 3 is 2.61 bits per heavy atom. The van der Waals surface area contributed by atoms with Crippen LogP contribution in [0.2, 0.25) is 0 Å². The number of alkyl halides is 3. The van der Waals surface area contributed by atoms with E-state index in [1.807, 2.05) is 0 Å². The van der Waals surface area contributed by atoms with Crippen LogP contribution in [0.4, 0.5) is 13.2 Å². The van der Waals surface area contributed by atoms with E-state index in [-0.39, 0.29) is 29.1 Å². The maximum atomic E-state index is 13.2. The number of nitrogens with zero attached hydrogens (tertiary/aromatic N) is 1. The van der Waals surface area contributed by atoms with E-state index < -0.39 is 20.9 Å². The number of halogens is 3. The standard InChI is InChI=1S/C17H21F3N2O4S2/c18-17(19,20)14-12-16(22-15-7-3-2-6-13(14)15)26-10-5-1-4-8-21-9-11-27-28(23,24)25/h2-3,6-7,12,21H,1,4-5,8-11H2,(H,23,24,25). The van der Waals surface area contributed by atoms with Crippen molar-refractivity contribution >= 4 is 30.8 Å². The number of benzene rings is 1. The number of ether oxygens (including phenoxy) is 1. The molecule has 28 heavy (non-hydrogen) atoms. The van der Waals surface area contributed by atoms with Crippen molar-refractivity contribution in [3.8, 4) is 5.88 Å². The molecule has 1 aromatic carbocycles. The van der Waals surface area contributed by atoms with Gasteiger partial charge in [0.05, 0.1) is 17.7 Å². The minimum atomic E-state index is -4.49. The lowest BCUT2D eigenvalue weighted by molar-refractivity contribution is -0.136. The number of hydrogen-bond donors (Lipinski definition) is 2. The molecule has 1 heterocycles. The van der Waals surface area contributed by atoms with Gasteiger partial charge in [-0.2, -0.15) is 21.6 Å². The first-order valence-corrected chi connectivity index (χ1v) is 11.5. The zero-order valence-electron chi connectivity index (χ0n) is 14.9. The van der Waals surface area contributed by atoms with Crippen molar-refractivity contribution in [1.82, 2.24) is 10.3 Å². The summed E-state index contributed by atoms with van der Waals surface area (Å²) in [6.07, 6.45) is -2.24. The van der Waals surface area contributed by atoms with Gasteiger partial charge in [0.2, 0.25) is 5.88 Å². The van der Waals surface area contributed by atoms with Crippen LogP contribution in [-0.2, 0) is 15.3 Å². The fourth-order valence-electron chi connectivity index (χ4n) is 2.51. The van der Waals surface area contributed by atoms with Gasteiger partial charge in [-0.15, -0.1) is 0 Å². The van der Waals surface area contributed by atoms with Gasteiger partial charge in [-0.05, 0) is 42.7 Å². The molecule has 11 heteroatoms. The van der Waals surface area contributed by atoms with Gasteiger partial charge in [-0.25, -0.2) is 4.98 Å². The first-order chi connectivity index (χ1) is 13.2. The highest BCUT2D eigenvalue weighted by molar-refractivity contribution is 8.69. The molecule has 156 valence electrons. The minimum absolute atomic E-state index is 0.0422. The van der Waals surface area contributed by atoms with Gasteiger partial charge in [0.25, 0.3) is 0 Å². The van der Waals surface area contributed by atoms with Crippen LogP contribution in [0.15, 0.2) is 30.3 Å². The highest BCUT2D eigenvalue weighted by Crippen LogP contribution is 2.36. The molecule has 0 radical (unpaired) electrons. The van der Waals surface area contributed by atoms with Crippen molar-refractivity contribution in [3.63, 3.8) is 0 Å². The smallest absolute Gasteiger partial charge is 0.417 e. The summed E-state index contributed by atoms with van der Waals surface area (Å²) in [5.74, 6) is 0.197. The predicted molar refractivity (Wildman–Crippen MR) is 103 cm³/mol. The third-order valence-corrected chi connectivity index (χ3v) is 5.82. The molecule has 0 atom stereocenters. The third kappa shape index (κ3) is 7.82. The van der Waals surface area contributed by atoms with Crippen LogP contribution in [0.25, 0.3) is 10.9 Å². The Kier molecular flexibility index (Phi) is 8.35. The summed E-state index contributed by atoms with van der Waals surface area (Å²) in [4.78, 5) is 4.13. The fourth-order valence-corrected chi connectivity index (χ4v) is 3.83. The van der Waals surface area contributed by atoms with Gasteiger partial charge < -0.3 is 10.1 Å². The Morgan fingerprint density at radius 1 is 1.14 bits per heavy atom. The van der Waals surface area contributed by atoms with Gasteiger partial charge in [-0.3, -0.25) is 4.55 Å². The van der Waals surface area contributed by atoms with Crippen molar-refractivity contribution in [2.45, 2.75) is 25.4 Å². The number of aromatic nitrogens is 1. The number of nitrogens with one attached hydrogen (secondary N) is 1. The van der Waals surface area contributed by atoms with E-state index in [9.17, 15) is 21.6 Å². The molecule has 2 N–H and O–H groups in total. The van der Waals surface area contributed by atoms with Crippen LogP contribution in [0.3, 0.4) is 0 Å². The Bertz CT molecular complexity index is 876. The molecule has 0 aliphatic rings. The van der Waals surface area contributed by atoms with Gasteiger partial charge in [-0.1, -0.05) is 18.2 Å². The molecular formula is C17H21F3N2O4S2. The third-order valence-electron chi connectivity index (χ3n) is 3.76. The van der Waals surface area contributed by atoms with E-state index >= 15 is 0 Å². The van der Waals surface area contributed by atoms with Crippen LogP contribution in [-0.4, -0.2) is 43.4 Å². The SMILES string of the molecule is O=S(=O)(O)SCCNCCCCCOc1cc(C(F)(F)F)c2ccccc2n1. The second-order valence-electron chi connectivity index (χ2n) is 5.93. The van der Waals surface area contributed by atoms with E-state index in [1.165, 1.54) is 18.2 Å². The van der Waals surface area contributed by atoms with Crippen molar-refractivity contribution in [2.24, 2.45) is 0 Å². The van der Waals surface area contributed by atoms with Crippen molar-refractivity contribution in [1.29, 1.82) is 0 Å². The summed E-state index contributed by atoms with van der Waals surface area (Å²) in [7, 11) is -3.53. The zero-order valence-corrected chi connectivity index (χ0v) is 16.5. The number of para-hydroxylation sites is 1. The summed E-state index contributed by atoms with van der Waals surface area (Å²) in [5, 5.41) is 3.08. The summed E-state index contributed by atoms with van der Waals surface area (Å²) in [5.41, 5.74) is -0.528. The van der Waals surface area contributed by atoms with Crippen LogP contribution >= 0.6 is 10.8 Å². The quantitative estimate of drug-likeness (QED) is 0.312. The molecule has 0 saturated carbocycles. The Balaban J connectivity index is 1.73. The Hall–Kier alpha value is -1.56. The number of pyridine rings is 1. The number of rotatable bonds is 11. The maximum Gasteiger partial charge on any atom is 0.417 e.